The first-order chi connectivity index (χ1) is 4.52. The van der Waals surface area contributed by atoms with Crippen LogP contribution in [-0.4, -0.2) is 12.3 Å². The van der Waals surface area contributed by atoms with E-state index >= 15 is 0 Å². The quantitative estimate of drug-likeness (QED) is 0.579. The van der Waals surface area contributed by atoms with Gasteiger partial charge in [0.25, 0.3) is 0 Å². The molecule has 0 aromatic heterocycles. The van der Waals surface area contributed by atoms with Gasteiger partial charge >= 0.3 is 0 Å². The van der Waals surface area contributed by atoms with Crippen LogP contribution in [0.5, 0.6) is 0 Å². The van der Waals surface area contributed by atoms with Gasteiger partial charge in [0.1, 0.15) is 6.29 Å². The van der Waals surface area contributed by atoms with Crippen molar-refractivity contribution >= 4 is 6.29 Å². The molecule has 0 radical (unpaired) electrons. The van der Waals surface area contributed by atoms with Crippen molar-refractivity contribution in [3.05, 3.63) is 0 Å². The number of carbonyl (C=O) groups excluding carboxylic acids is 1. The van der Waals surface area contributed by atoms with Gasteiger partial charge in [-0.15, -0.1) is 0 Å². The van der Waals surface area contributed by atoms with Crippen LogP contribution in [0.3, 0.4) is 0 Å². The van der Waals surface area contributed by atoms with Gasteiger partial charge in [0.05, 0.1) is 17.5 Å². The first kappa shape index (κ1) is 9.12. The Hall–Kier alpha value is -0.880. The number of aldehydes is 1. The summed E-state index contributed by atoms with van der Waals surface area (Å²) in [5.74, 6) is 0. The van der Waals surface area contributed by atoms with Crippen LogP contribution in [0.25, 0.3) is 0 Å². The molecule has 0 aliphatic rings. The summed E-state index contributed by atoms with van der Waals surface area (Å²) in [5.41, 5.74) is 4.83. The summed E-state index contributed by atoms with van der Waals surface area (Å²) in [7, 11) is 0. The van der Waals surface area contributed by atoms with E-state index in [1.165, 1.54) is 0 Å². The van der Waals surface area contributed by atoms with Gasteiger partial charge in [0.15, 0.2) is 0 Å². The minimum atomic E-state index is -0.505. The van der Waals surface area contributed by atoms with E-state index in [0.717, 1.165) is 0 Å². The maximum absolute atomic E-state index is 10.1. The highest BCUT2D eigenvalue weighted by molar-refractivity contribution is 5.57. The van der Waals surface area contributed by atoms with Crippen LogP contribution >= 0.6 is 0 Å². The number of carbonyl (C=O) groups is 1. The topological polar surface area (TPSA) is 66.9 Å². The highest BCUT2D eigenvalue weighted by Crippen LogP contribution is 2.18. The number of nitrogens with two attached hydrogens (primary N) is 1. The molecule has 2 N–H and O–H groups in total. The molecule has 0 amide bonds. The molecular weight excluding hydrogens is 128 g/mol. The molecule has 10 heavy (non-hydrogen) atoms. The van der Waals surface area contributed by atoms with Gasteiger partial charge in [-0.1, -0.05) is 0 Å². The molecule has 3 heteroatoms. The molecule has 0 heterocycles. The highest BCUT2D eigenvalue weighted by Gasteiger charge is 2.19. The molecule has 0 bridgehead atoms. The maximum atomic E-state index is 10.1. The summed E-state index contributed by atoms with van der Waals surface area (Å²) < 4.78 is 0. The average Bonchev–Trinajstić information content (AvgIpc) is 1.87. The summed E-state index contributed by atoms with van der Waals surface area (Å²) in [4.78, 5) is 10.1. The Morgan fingerprint density at radius 1 is 1.80 bits per heavy atom. The standard InChI is InChI=1S/C7H12N2O/c1-7(2,5-8)3-6(9)4-10/h4,6H,3,9H2,1-2H3. The second-order valence-electron chi connectivity index (χ2n) is 3.00. The summed E-state index contributed by atoms with van der Waals surface area (Å²) in [6.45, 7) is 3.52. The largest absolute Gasteiger partial charge is 0.322 e. The van der Waals surface area contributed by atoms with E-state index in [1.807, 2.05) is 0 Å². The van der Waals surface area contributed by atoms with E-state index in [-0.39, 0.29) is 0 Å². The number of hydrogen-bond donors (Lipinski definition) is 1. The molecule has 1 unspecified atom stereocenters. The fourth-order valence-corrected chi connectivity index (χ4v) is 0.683. The molecule has 1 atom stereocenters. The van der Waals surface area contributed by atoms with Gasteiger partial charge < -0.3 is 10.5 Å². The van der Waals surface area contributed by atoms with Crippen molar-refractivity contribution in [2.24, 2.45) is 11.1 Å². The summed E-state index contributed by atoms with van der Waals surface area (Å²) in [5, 5.41) is 8.52. The summed E-state index contributed by atoms with van der Waals surface area (Å²) in [6.07, 6.45) is 1.09. The Morgan fingerprint density at radius 3 is 2.60 bits per heavy atom. The molecule has 0 aliphatic heterocycles. The predicted molar refractivity (Wildman–Crippen MR) is 38.1 cm³/mol. The smallest absolute Gasteiger partial charge is 0.136 e. The van der Waals surface area contributed by atoms with Crippen LogP contribution in [0, 0.1) is 16.7 Å². The number of rotatable bonds is 3. The average molecular weight is 140 g/mol. The van der Waals surface area contributed by atoms with Gasteiger partial charge in [0, 0.05) is 0 Å². The zero-order chi connectivity index (χ0) is 8.20. The van der Waals surface area contributed by atoms with E-state index in [2.05, 4.69) is 6.07 Å². The highest BCUT2D eigenvalue weighted by atomic mass is 16.1. The molecule has 56 valence electrons. The Morgan fingerprint density at radius 2 is 2.30 bits per heavy atom. The van der Waals surface area contributed by atoms with Gasteiger partial charge in [-0.05, 0) is 20.3 Å². The normalized spacial score (nSPS) is 13.8. The zero-order valence-electron chi connectivity index (χ0n) is 6.29. The third-order valence-corrected chi connectivity index (χ3v) is 1.22. The van der Waals surface area contributed by atoms with Crippen LogP contribution in [0.15, 0.2) is 0 Å². The lowest BCUT2D eigenvalue weighted by Gasteiger charge is -2.15. The van der Waals surface area contributed by atoms with Crippen molar-refractivity contribution < 1.29 is 4.79 Å². The summed E-state index contributed by atoms with van der Waals surface area (Å²) >= 11 is 0. The van der Waals surface area contributed by atoms with Crippen LogP contribution in [0.4, 0.5) is 0 Å². The van der Waals surface area contributed by atoms with Crippen molar-refractivity contribution in [2.45, 2.75) is 26.3 Å². The van der Waals surface area contributed by atoms with Crippen LogP contribution in [0.2, 0.25) is 0 Å². The van der Waals surface area contributed by atoms with Crippen LogP contribution in [-0.2, 0) is 4.79 Å². The van der Waals surface area contributed by atoms with Crippen molar-refractivity contribution in [2.75, 3.05) is 0 Å². The molecule has 0 fully saturated rings. The minimum absolute atomic E-state index is 0.424. The van der Waals surface area contributed by atoms with Gasteiger partial charge in [-0.25, -0.2) is 0 Å². The molecular formula is C7H12N2O. The molecule has 0 aromatic rings. The zero-order valence-corrected chi connectivity index (χ0v) is 6.29. The van der Waals surface area contributed by atoms with Gasteiger partial charge in [0.2, 0.25) is 0 Å². The SMILES string of the molecule is CC(C)(C#N)CC(N)C=O. The van der Waals surface area contributed by atoms with Crippen LogP contribution in [0.1, 0.15) is 20.3 Å². The van der Waals surface area contributed by atoms with E-state index in [9.17, 15) is 4.79 Å². The monoisotopic (exact) mass is 140 g/mol. The van der Waals surface area contributed by atoms with E-state index in [4.69, 9.17) is 11.0 Å². The minimum Gasteiger partial charge on any atom is -0.322 e. The molecule has 0 aromatic carbocycles. The molecule has 0 saturated carbocycles. The third kappa shape index (κ3) is 3.21. The Kier molecular flexibility index (Phi) is 3.04. The fourth-order valence-electron chi connectivity index (χ4n) is 0.683. The molecule has 0 saturated heterocycles. The number of hydrogen-bond acceptors (Lipinski definition) is 3. The van der Waals surface area contributed by atoms with Crippen molar-refractivity contribution in [3.8, 4) is 6.07 Å². The lowest BCUT2D eigenvalue weighted by atomic mass is 9.88. The first-order valence-electron chi connectivity index (χ1n) is 3.14. The van der Waals surface area contributed by atoms with Gasteiger partial charge in [-0.2, -0.15) is 5.26 Å². The lowest BCUT2D eigenvalue weighted by Crippen LogP contribution is -2.28. The first-order valence-corrected chi connectivity index (χ1v) is 3.14. The Labute approximate surface area is 60.8 Å². The van der Waals surface area contributed by atoms with E-state index in [1.54, 1.807) is 13.8 Å². The molecule has 3 nitrogen and oxygen atoms in total. The van der Waals surface area contributed by atoms with E-state index < -0.39 is 11.5 Å². The van der Waals surface area contributed by atoms with Crippen molar-refractivity contribution in [1.29, 1.82) is 5.26 Å². The fraction of sp³-hybridized carbons (Fsp3) is 0.714. The van der Waals surface area contributed by atoms with E-state index in [0.29, 0.717) is 12.7 Å². The summed E-state index contributed by atoms with van der Waals surface area (Å²) in [6, 6.07) is 1.56. The van der Waals surface area contributed by atoms with Crippen molar-refractivity contribution in [1.82, 2.24) is 0 Å². The molecule has 0 aliphatic carbocycles. The second kappa shape index (κ2) is 3.33. The molecule has 0 spiro atoms. The van der Waals surface area contributed by atoms with Crippen LogP contribution < -0.4 is 5.73 Å². The Balaban J connectivity index is 3.91. The van der Waals surface area contributed by atoms with Gasteiger partial charge in [-0.3, -0.25) is 0 Å². The third-order valence-electron chi connectivity index (χ3n) is 1.22. The Bertz CT molecular complexity index is 157. The predicted octanol–water partition coefficient (Wildman–Crippen LogP) is 0.452. The van der Waals surface area contributed by atoms with Crippen molar-refractivity contribution in [3.63, 3.8) is 0 Å². The number of nitrogens with zero attached hydrogens (tertiary/aromatic N) is 1. The number of nitriles is 1. The lowest BCUT2D eigenvalue weighted by molar-refractivity contribution is -0.109. The molecule has 0 rings (SSSR count). The second-order valence-corrected chi connectivity index (χ2v) is 3.00. The maximum Gasteiger partial charge on any atom is 0.136 e.